The van der Waals surface area contributed by atoms with Crippen LogP contribution < -0.4 is 0 Å². The van der Waals surface area contributed by atoms with Crippen LogP contribution in [0.2, 0.25) is 0 Å². The lowest BCUT2D eigenvalue weighted by molar-refractivity contribution is 1.15. The number of fused-ring (bicyclic) bond motifs is 6. The van der Waals surface area contributed by atoms with E-state index in [4.69, 9.17) is 15.0 Å². The summed E-state index contributed by atoms with van der Waals surface area (Å²) in [6.07, 6.45) is 1.95. The Morgan fingerprint density at radius 2 is 1.17 bits per heavy atom. The van der Waals surface area contributed by atoms with Crippen molar-refractivity contribution < 1.29 is 0 Å². The van der Waals surface area contributed by atoms with E-state index in [0.717, 1.165) is 45.0 Å². The molecule has 0 unspecified atom stereocenters. The summed E-state index contributed by atoms with van der Waals surface area (Å²) in [6.45, 7) is 0. The largest absolute Gasteiger partial charge is 0.309 e. The van der Waals surface area contributed by atoms with Gasteiger partial charge in [0.1, 0.15) is 5.69 Å². The molecule has 41 heavy (non-hydrogen) atoms. The Morgan fingerprint density at radius 3 is 2.07 bits per heavy atom. The summed E-state index contributed by atoms with van der Waals surface area (Å²) in [4.78, 5) is 15.0. The first kappa shape index (κ1) is 22.2. The topological polar surface area (TPSA) is 43.6 Å². The number of benzene rings is 5. The van der Waals surface area contributed by atoms with Crippen molar-refractivity contribution in [2.45, 2.75) is 0 Å². The third kappa shape index (κ3) is 3.19. The van der Waals surface area contributed by atoms with Crippen LogP contribution in [-0.2, 0) is 0 Å². The molecule has 8 aromatic rings. The van der Waals surface area contributed by atoms with Crippen molar-refractivity contribution in [3.05, 3.63) is 134 Å². The van der Waals surface area contributed by atoms with Crippen molar-refractivity contribution in [1.82, 2.24) is 19.5 Å². The highest BCUT2D eigenvalue weighted by Crippen LogP contribution is 2.46. The Balaban J connectivity index is 1.23. The van der Waals surface area contributed by atoms with E-state index in [1.165, 1.54) is 32.6 Å². The van der Waals surface area contributed by atoms with Crippen LogP contribution in [0.3, 0.4) is 0 Å². The molecule has 9 rings (SSSR count). The van der Waals surface area contributed by atoms with E-state index in [1.807, 2.05) is 12.3 Å². The number of nitrogens with zero attached hydrogens (tertiary/aromatic N) is 4. The number of aromatic nitrogens is 4. The summed E-state index contributed by atoms with van der Waals surface area (Å²) in [7, 11) is 0. The van der Waals surface area contributed by atoms with Gasteiger partial charge in [-0.25, -0.2) is 15.0 Å². The van der Waals surface area contributed by atoms with E-state index in [1.54, 1.807) is 0 Å². The van der Waals surface area contributed by atoms with Crippen LogP contribution in [-0.4, -0.2) is 19.5 Å². The molecule has 0 amide bonds. The smallest absolute Gasteiger partial charge is 0.178 e. The Bertz CT molecular complexity index is 2310. The maximum Gasteiger partial charge on any atom is 0.178 e. The van der Waals surface area contributed by atoms with Gasteiger partial charge < -0.3 is 4.57 Å². The third-order valence-electron chi connectivity index (χ3n) is 8.20. The normalized spacial score (nSPS) is 11.9. The van der Waals surface area contributed by atoms with E-state index in [0.29, 0.717) is 5.82 Å². The maximum absolute atomic E-state index is 5.14. The van der Waals surface area contributed by atoms with Crippen LogP contribution >= 0.6 is 0 Å². The minimum absolute atomic E-state index is 0.634. The van der Waals surface area contributed by atoms with Crippen LogP contribution in [0, 0.1) is 0 Å². The monoisotopic (exact) mass is 522 g/mol. The molecule has 0 atom stereocenters. The fourth-order valence-electron chi connectivity index (χ4n) is 6.47. The maximum atomic E-state index is 5.14. The van der Waals surface area contributed by atoms with Gasteiger partial charge in [-0.2, -0.15) is 0 Å². The van der Waals surface area contributed by atoms with Gasteiger partial charge in [0.05, 0.1) is 22.4 Å². The first-order valence-corrected chi connectivity index (χ1v) is 13.8. The molecule has 0 saturated heterocycles. The fourth-order valence-corrected chi connectivity index (χ4v) is 6.47. The standard InChI is InChI=1S/C37H22N4/c1-2-12-24(13-3-1)41-32-20-5-4-14-27(32)35-26(16-8-21-33(35)41)30-18-9-19-31(39-30)37-38-22-29-25-15-6-10-23-11-7-17-28(34(23)25)36(29)40-37/h1-22H. The Hall–Kier alpha value is -5.61. The molecule has 0 fully saturated rings. The van der Waals surface area contributed by atoms with Gasteiger partial charge >= 0.3 is 0 Å². The van der Waals surface area contributed by atoms with Gasteiger partial charge in [-0.05, 0) is 52.7 Å². The zero-order chi connectivity index (χ0) is 26.9. The summed E-state index contributed by atoms with van der Waals surface area (Å²) in [6, 6.07) is 44.6. The predicted molar refractivity (Wildman–Crippen MR) is 167 cm³/mol. The van der Waals surface area contributed by atoms with Crippen molar-refractivity contribution >= 4 is 32.6 Å². The second-order valence-corrected chi connectivity index (χ2v) is 10.5. The highest BCUT2D eigenvalue weighted by molar-refractivity contribution is 6.16. The van der Waals surface area contributed by atoms with Crippen molar-refractivity contribution in [3.8, 4) is 50.8 Å². The molecule has 0 bridgehead atoms. The van der Waals surface area contributed by atoms with Crippen molar-refractivity contribution in [1.29, 1.82) is 0 Å². The average molecular weight is 523 g/mol. The summed E-state index contributed by atoms with van der Waals surface area (Å²) in [5, 5.41) is 4.87. The van der Waals surface area contributed by atoms with Gasteiger partial charge in [-0.3, -0.25) is 0 Å². The zero-order valence-electron chi connectivity index (χ0n) is 22.0. The number of hydrogen-bond acceptors (Lipinski definition) is 3. The second kappa shape index (κ2) is 8.44. The second-order valence-electron chi connectivity index (χ2n) is 10.5. The van der Waals surface area contributed by atoms with Gasteiger partial charge in [0.15, 0.2) is 5.82 Å². The Labute approximate surface area is 236 Å². The predicted octanol–water partition coefficient (Wildman–Crippen LogP) is 9.10. The summed E-state index contributed by atoms with van der Waals surface area (Å²) < 4.78 is 2.33. The van der Waals surface area contributed by atoms with Crippen LogP contribution in [0.1, 0.15) is 0 Å². The van der Waals surface area contributed by atoms with E-state index in [-0.39, 0.29) is 0 Å². The highest BCUT2D eigenvalue weighted by Gasteiger charge is 2.24. The van der Waals surface area contributed by atoms with Crippen LogP contribution in [0.15, 0.2) is 134 Å². The molecule has 4 nitrogen and oxygen atoms in total. The van der Waals surface area contributed by atoms with Gasteiger partial charge in [0.2, 0.25) is 0 Å². The molecule has 0 spiro atoms. The van der Waals surface area contributed by atoms with Crippen LogP contribution in [0.4, 0.5) is 0 Å². The van der Waals surface area contributed by atoms with Crippen molar-refractivity contribution in [2.24, 2.45) is 0 Å². The summed E-state index contributed by atoms with van der Waals surface area (Å²) >= 11 is 0. The lowest BCUT2D eigenvalue weighted by Gasteiger charge is -2.09. The quantitative estimate of drug-likeness (QED) is 0.232. The van der Waals surface area contributed by atoms with E-state index >= 15 is 0 Å². The van der Waals surface area contributed by atoms with Crippen LogP contribution in [0.5, 0.6) is 0 Å². The third-order valence-corrected chi connectivity index (χ3v) is 8.20. The SMILES string of the molecule is c1ccc(-n2c3ccccc3c3c(-c4cccc(-c5ncc6c(n5)-c5cccc7cccc-6c57)n4)cccc32)cc1. The Morgan fingerprint density at radius 1 is 0.463 bits per heavy atom. The first-order chi connectivity index (χ1) is 20.3. The van der Waals surface area contributed by atoms with Crippen LogP contribution in [0.25, 0.3) is 83.4 Å². The van der Waals surface area contributed by atoms with E-state index in [2.05, 4.69) is 126 Å². The molecule has 0 aliphatic heterocycles. The fraction of sp³-hybridized carbons (Fsp3) is 0. The molecule has 1 aliphatic carbocycles. The van der Waals surface area contributed by atoms with Gasteiger partial charge in [-0.15, -0.1) is 0 Å². The van der Waals surface area contributed by atoms with Gasteiger partial charge in [0.25, 0.3) is 0 Å². The first-order valence-electron chi connectivity index (χ1n) is 13.8. The van der Waals surface area contributed by atoms with Crippen molar-refractivity contribution in [2.75, 3.05) is 0 Å². The number of para-hydroxylation sites is 2. The van der Waals surface area contributed by atoms with Gasteiger partial charge in [0, 0.05) is 39.3 Å². The molecule has 0 radical (unpaired) electrons. The van der Waals surface area contributed by atoms with Gasteiger partial charge in [-0.1, -0.05) is 91.0 Å². The molecule has 0 N–H and O–H groups in total. The molecule has 5 aromatic carbocycles. The number of hydrogen-bond donors (Lipinski definition) is 0. The summed E-state index contributed by atoms with van der Waals surface area (Å²) in [5.74, 6) is 0.634. The molecule has 3 aromatic heterocycles. The molecule has 1 aliphatic rings. The molecule has 0 saturated carbocycles. The van der Waals surface area contributed by atoms with E-state index in [9.17, 15) is 0 Å². The number of rotatable bonds is 3. The zero-order valence-corrected chi connectivity index (χ0v) is 22.0. The molecular weight excluding hydrogens is 500 g/mol. The number of pyridine rings is 1. The highest BCUT2D eigenvalue weighted by atomic mass is 15.0. The molecular formula is C37H22N4. The lowest BCUT2D eigenvalue weighted by Crippen LogP contribution is -1.96. The lowest BCUT2D eigenvalue weighted by atomic mass is 10.0. The summed E-state index contributed by atoms with van der Waals surface area (Å²) in [5.41, 5.74) is 10.6. The Kier molecular flexibility index (Phi) is 4.58. The molecule has 3 heterocycles. The minimum Gasteiger partial charge on any atom is -0.309 e. The molecule has 190 valence electrons. The van der Waals surface area contributed by atoms with E-state index < -0.39 is 0 Å². The molecule has 4 heteroatoms. The van der Waals surface area contributed by atoms with Crippen molar-refractivity contribution in [3.63, 3.8) is 0 Å². The minimum atomic E-state index is 0.634. The average Bonchev–Trinajstić information content (AvgIpc) is 3.56.